The summed E-state index contributed by atoms with van der Waals surface area (Å²) in [6.07, 6.45) is 7.50. The van der Waals surface area contributed by atoms with Crippen LogP contribution in [0.15, 0.2) is 0 Å². The molecule has 0 atom stereocenters. The monoisotopic (exact) mass is 318 g/mol. The number of hydrogen-bond acceptors (Lipinski definition) is 4. The van der Waals surface area contributed by atoms with E-state index in [9.17, 15) is 0 Å². The lowest BCUT2D eigenvalue weighted by atomic mass is 10.3. The minimum atomic E-state index is 0.626. The first-order valence-electron chi connectivity index (χ1n) is 8.49. The van der Waals surface area contributed by atoms with Gasteiger partial charge in [-0.25, -0.2) is 0 Å². The van der Waals surface area contributed by atoms with Crippen molar-refractivity contribution in [2.24, 2.45) is 0 Å². The van der Waals surface area contributed by atoms with Gasteiger partial charge in [0.05, 0.1) is 39.6 Å². The first-order chi connectivity index (χ1) is 10.4. The van der Waals surface area contributed by atoms with Crippen molar-refractivity contribution in [1.29, 1.82) is 0 Å². The van der Waals surface area contributed by atoms with Gasteiger partial charge in [-0.15, -0.1) is 0 Å². The molecule has 0 saturated heterocycles. The van der Waals surface area contributed by atoms with Crippen LogP contribution in [0.1, 0.15) is 52.4 Å². The smallest absolute Gasteiger partial charge is 0.229 e. The molecule has 21 heavy (non-hydrogen) atoms. The highest BCUT2D eigenvalue weighted by Crippen LogP contribution is 1.98. The second-order valence-electron chi connectivity index (χ2n) is 4.99. The topological polar surface area (TPSA) is 36.9 Å². The molecule has 0 spiro atoms. The first kappa shape index (κ1) is 21.1. The lowest BCUT2D eigenvalue weighted by Gasteiger charge is -2.07. The molecule has 0 heterocycles. The van der Waals surface area contributed by atoms with Crippen LogP contribution < -0.4 is 0 Å². The van der Waals surface area contributed by atoms with Crippen LogP contribution in [0.25, 0.3) is 0 Å². The molecule has 0 aromatic rings. The highest BCUT2D eigenvalue weighted by atomic mass is 28.2. The molecule has 126 valence electrons. The van der Waals surface area contributed by atoms with E-state index in [-0.39, 0.29) is 0 Å². The number of unbranched alkanes of at least 4 members (excludes halogenated alkanes) is 4. The highest BCUT2D eigenvalue weighted by molar-refractivity contribution is 6.26. The van der Waals surface area contributed by atoms with Crippen LogP contribution in [-0.4, -0.2) is 56.0 Å². The van der Waals surface area contributed by atoms with Crippen molar-refractivity contribution in [3.63, 3.8) is 0 Å². The molecule has 0 N–H and O–H groups in total. The van der Waals surface area contributed by atoms with Crippen molar-refractivity contribution in [3.8, 4) is 0 Å². The largest absolute Gasteiger partial charge is 0.415 e. The molecule has 0 unspecified atom stereocenters. The van der Waals surface area contributed by atoms with E-state index < -0.39 is 0 Å². The lowest BCUT2D eigenvalue weighted by Crippen LogP contribution is -2.12. The van der Waals surface area contributed by atoms with Crippen LogP contribution in [0.3, 0.4) is 0 Å². The normalized spacial score (nSPS) is 11.1. The van der Waals surface area contributed by atoms with E-state index in [1.807, 2.05) is 0 Å². The fraction of sp³-hybridized carbons (Fsp3) is 1.00. The van der Waals surface area contributed by atoms with Crippen LogP contribution in [0.5, 0.6) is 0 Å². The molecule has 0 aromatic heterocycles. The van der Waals surface area contributed by atoms with Crippen molar-refractivity contribution < 1.29 is 18.6 Å². The zero-order valence-electron chi connectivity index (χ0n) is 14.0. The summed E-state index contributed by atoms with van der Waals surface area (Å²) in [5, 5.41) is 0. The van der Waals surface area contributed by atoms with E-state index in [0.29, 0.717) is 49.4 Å². The van der Waals surface area contributed by atoms with Crippen molar-refractivity contribution >= 4 is 9.76 Å². The van der Waals surface area contributed by atoms with Gasteiger partial charge in [0.25, 0.3) is 0 Å². The number of rotatable bonds is 18. The van der Waals surface area contributed by atoms with Crippen LogP contribution in [0.4, 0.5) is 0 Å². The van der Waals surface area contributed by atoms with E-state index in [2.05, 4.69) is 13.8 Å². The summed E-state index contributed by atoms with van der Waals surface area (Å²) in [5.41, 5.74) is 0. The van der Waals surface area contributed by atoms with Crippen molar-refractivity contribution in [1.82, 2.24) is 0 Å². The van der Waals surface area contributed by atoms with Crippen LogP contribution in [-0.2, 0) is 18.6 Å². The minimum Gasteiger partial charge on any atom is -0.415 e. The quantitative estimate of drug-likeness (QED) is 0.286. The molecule has 0 aliphatic rings. The minimum absolute atomic E-state index is 0.626. The van der Waals surface area contributed by atoms with E-state index in [4.69, 9.17) is 18.6 Å². The number of ether oxygens (including phenoxy) is 3. The predicted molar refractivity (Wildman–Crippen MR) is 88.0 cm³/mol. The van der Waals surface area contributed by atoms with E-state index in [1.165, 1.54) is 38.1 Å². The molecule has 0 saturated carbocycles. The molecule has 0 bridgehead atoms. The van der Waals surface area contributed by atoms with Crippen molar-refractivity contribution in [3.05, 3.63) is 0 Å². The highest BCUT2D eigenvalue weighted by Gasteiger charge is 1.94. The molecule has 0 rings (SSSR count). The SMILES string of the molecule is CCCCCOCCOCCOCCO[Si]CCCCC. The maximum Gasteiger partial charge on any atom is 0.229 e. The Morgan fingerprint density at radius 2 is 1.10 bits per heavy atom. The van der Waals surface area contributed by atoms with Crippen molar-refractivity contribution in [2.75, 3.05) is 46.2 Å². The summed E-state index contributed by atoms with van der Waals surface area (Å²) in [5.74, 6) is 0. The summed E-state index contributed by atoms with van der Waals surface area (Å²) in [6, 6.07) is 1.19. The Morgan fingerprint density at radius 3 is 1.71 bits per heavy atom. The molecular weight excluding hydrogens is 284 g/mol. The third kappa shape index (κ3) is 20.1. The Kier molecular flexibility index (Phi) is 20.1. The Labute approximate surface area is 133 Å². The van der Waals surface area contributed by atoms with E-state index in [1.54, 1.807) is 0 Å². The van der Waals surface area contributed by atoms with Crippen LogP contribution in [0, 0.1) is 0 Å². The third-order valence-electron chi connectivity index (χ3n) is 2.95. The Balaban J connectivity index is 2.90. The van der Waals surface area contributed by atoms with Crippen LogP contribution in [0.2, 0.25) is 6.04 Å². The molecule has 4 nitrogen and oxygen atoms in total. The summed E-state index contributed by atoms with van der Waals surface area (Å²) < 4.78 is 21.8. The van der Waals surface area contributed by atoms with Gasteiger partial charge in [0.15, 0.2) is 0 Å². The second-order valence-corrected chi connectivity index (χ2v) is 6.07. The zero-order valence-corrected chi connectivity index (χ0v) is 15.0. The molecule has 0 aromatic carbocycles. The maximum atomic E-state index is 5.51. The Morgan fingerprint density at radius 1 is 0.571 bits per heavy atom. The molecule has 0 aliphatic carbocycles. The van der Waals surface area contributed by atoms with Gasteiger partial charge in [-0.1, -0.05) is 46.0 Å². The van der Waals surface area contributed by atoms with E-state index in [0.717, 1.165) is 13.0 Å². The van der Waals surface area contributed by atoms with Gasteiger partial charge in [0.1, 0.15) is 0 Å². The summed E-state index contributed by atoms with van der Waals surface area (Å²) in [4.78, 5) is 0. The Hall–Kier alpha value is 0.0569. The Bertz CT molecular complexity index is 164. The third-order valence-corrected chi connectivity index (χ3v) is 3.92. The molecule has 2 radical (unpaired) electrons. The average Bonchev–Trinajstić information content (AvgIpc) is 2.50. The summed E-state index contributed by atoms with van der Waals surface area (Å²) >= 11 is 0. The molecule has 5 heteroatoms. The average molecular weight is 319 g/mol. The summed E-state index contributed by atoms with van der Waals surface area (Å²) in [7, 11) is 0.626. The van der Waals surface area contributed by atoms with Gasteiger partial charge in [-0.3, -0.25) is 0 Å². The standard InChI is InChI=1S/C16H34O4Si/c1-3-5-7-9-17-10-11-18-12-13-19-14-15-20-21-16-8-6-4-2/h3-16H2,1-2H3. The zero-order chi connectivity index (χ0) is 15.4. The molecular formula is C16H34O4Si. The van der Waals surface area contributed by atoms with Crippen molar-refractivity contribution in [2.45, 2.75) is 58.4 Å². The molecule has 0 fully saturated rings. The van der Waals surface area contributed by atoms with Gasteiger partial charge < -0.3 is 18.6 Å². The van der Waals surface area contributed by atoms with E-state index >= 15 is 0 Å². The van der Waals surface area contributed by atoms with Gasteiger partial charge >= 0.3 is 0 Å². The van der Waals surface area contributed by atoms with Gasteiger partial charge in [-0.2, -0.15) is 0 Å². The van der Waals surface area contributed by atoms with Gasteiger partial charge in [-0.05, 0) is 12.5 Å². The maximum absolute atomic E-state index is 5.51. The lowest BCUT2D eigenvalue weighted by molar-refractivity contribution is 0.00895. The van der Waals surface area contributed by atoms with Gasteiger partial charge in [0.2, 0.25) is 9.76 Å². The summed E-state index contributed by atoms with van der Waals surface area (Å²) in [6.45, 7) is 9.25. The fourth-order valence-electron chi connectivity index (χ4n) is 1.69. The van der Waals surface area contributed by atoms with Crippen LogP contribution >= 0.6 is 0 Å². The fourth-order valence-corrected chi connectivity index (χ4v) is 2.45. The number of hydrogen-bond donors (Lipinski definition) is 0. The second kappa shape index (κ2) is 20.1. The first-order valence-corrected chi connectivity index (χ1v) is 9.61. The predicted octanol–water partition coefficient (Wildman–Crippen LogP) is 3.47. The van der Waals surface area contributed by atoms with Gasteiger partial charge in [0, 0.05) is 6.61 Å². The molecule has 0 aliphatic heterocycles. The molecule has 0 amide bonds.